The van der Waals surface area contributed by atoms with Crippen LogP contribution in [0.2, 0.25) is 0 Å². The molecule has 3 aliphatic rings. The van der Waals surface area contributed by atoms with E-state index in [2.05, 4.69) is 10.2 Å². The Kier molecular flexibility index (Phi) is 3.99. The second-order valence-electron chi connectivity index (χ2n) is 7.00. The van der Waals surface area contributed by atoms with E-state index in [1.807, 2.05) is 6.07 Å². The first-order valence-electron chi connectivity index (χ1n) is 8.82. The van der Waals surface area contributed by atoms with Crippen molar-refractivity contribution < 1.29 is 19.2 Å². The average molecular weight is 356 g/mol. The summed E-state index contributed by atoms with van der Waals surface area (Å²) in [6, 6.07) is 4.46. The fourth-order valence-electron chi connectivity index (χ4n) is 3.81. The highest BCUT2D eigenvalue weighted by Crippen LogP contribution is 2.31. The maximum atomic E-state index is 12.8. The third-order valence-electron chi connectivity index (χ3n) is 5.33. The molecule has 3 N–H and O–H groups in total. The number of hydrogen-bond acceptors (Lipinski definition) is 6. The zero-order valence-electron chi connectivity index (χ0n) is 14.2. The van der Waals surface area contributed by atoms with E-state index in [1.165, 1.54) is 0 Å². The molecular weight excluding hydrogens is 336 g/mol. The second-order valence-corrected chi connectivity index (χ2v) is 7.00. The molecule has 0 bridgehead atoms. The van der Waals surface area contributed by atoms with Crippen molar-refractivity contribution in [1.82, 2.24) is 10.2 Å². The summed E-state index contributed by atoms with van der Waals surface area (Å²) >= 11 is 0. The molecule has 4 rings (SSSR count). The predicted octanol–water partition coefficient (Wildman–Crippen LogP) is 0.0153. The van der Waals surface area contributed by atoms with Crippen molar-refractivity contribution in [1.29, 1.82) is 0 Å². The number of nitrogens with two attached hydrogens (primary N) is 1. The van der Waals surface area contributed by atoms with Gasteiger partial charge in [-0.05, 0) is 37.5 Å². The van der Waals surface area contributed by atoms with Crippen LogP contribution in [-0.4, -0.2) is 53.7 Å². The second kappa shape index (κ2) is 6.21. The molecule has 0 aromatic heterocycles. The van der Waals surface area contributed by atoms with E-state index in [1.54, 1.807) is 12.1 Å². The van der Waals surface area contributed by atoms with Gasteiger partial charge in [-0.1, -0.05) is 0 Å². The lowest BCUT2D eigenvalue weighted by Gasteiger charge is -2.32. The zero-order chi connectivity index (χ0) is 18.4. The van der Waals surface area contributed by atoms with Gasteiger partial charge in [0.25, 0.3) is 11.8 Å². The normalized spacial score (nSPS) is 24.1. The molecule has 0 aliphatic carbocycles. The molecule has 1 unspecified atom stereocenters. The fourth-order valence-corrected chi connectivity index (χ4v) is 3.81. The van der Waals surface area contributed by atoms with E-state index in [9.17, 15) is 19.2 Å². The van der Waals surface area contributed by atoms with Crippen molar-refractivity contribution in [3.8, 4) is 0 Å². The van der Waals surface area contributed by atoms with Crippen LogP contribution in [0.25, 0.3) is 0 Å². The minimum Gasteiger partial charge on any atom is -0.371 e. The molecule has 3 heterocycles. The van der Waals surface area contributed by atoms with Crippen LogP contribution in [0.15, 0.2) is 18.2 Å². The van der Waals surface area contributed by atoms with Crippen molar-refractivity contribution in [2.24, 2.45) is 5.73 Å². The van der Waals surface area contributed by atoms with E-state index in [0.29, 0.717) is 11.1 Å². The fraction of sp³-hybridized carbons (Fsp3) is 0.444. The molecule has 2 fully saturated rings. The average Bonchev–Trinajstić information content (AvgIpc) is 2.87. The predicted molar refractivity (Wildman–Crippen MR) is 92.5 cm³/mol. The quantitative estimate of drug-likeness (QED) is 0.722. The molecule has 0 radical (unpaired) electrons. The van der Waals surface area contributed by atoms with Gasteiger partial charge in [0, 0.05) is 31.2 Å². The van der Waals surface area contributed by atoms with Crippen LogP contribution in [-0.2, 0) is 9.59 Å². The van der Waals surface area contributed by atoms with Gasteiger partial charge in [-0.3, -0.25) is 29.4 Å². The Hall–Kier alpha value is -2.74. The van der Waals surface area contributed by atoms with Crippen molar-refractivity contribution in [3.05, 3.63) is 29.3 Å². The highest BCUT2D eigenvalue weighted by Gasteiger charge is 2.44. The molecule has 1 aromatic carbocycles. The molecule has 1 aromatic rings. The van der Waals surface area contributed by atoms with E-state index in [4.69, 9.17) is 5.73 Å². The van der Waals surface area contributed by atoms with Gasteiger partial charge in [-0.15, -0.1) is 0 Å². The number of anilines is 1. The van der Waals surface area contributed by atoms with Crippen LogP contribution < -0.4 is 16.0 Å². The van der Waals surface area contributed by atoms with Gasteiger partial charge in [-0.25, -0.2) is 0 Å². The summed E-state index contributed by atoms with van der Waals surface area (Å²) in [4.78, 5) is 52.0. The summed E-state index contributed by atoms with van der Waals surface area (Å²) < 4.78 is 0. The van der Waals surface area contributed by atoms with Gasteiger partial charge in [0.2, 0.25) is 11.8 Å². The number of nitrogens with zero attached hydrogens (tertiary/aromatic N) is 2. The van der Waals surface area contributed by atoms with Gasteiger partial charge in [-0.2, -0.15) is 0 Å². The minimum atomic E-state index is -0.934. The molecule has 136 valence electrons. The Morgan fingerprint density at radius 2 is 1.65 bits per heavy atom. The Morgan fingerprint density at radius 3 is 2.35 bits per heavy atom. The van der Waals surface area contributed by atoms with Gasteiger partial charge >= 0.3 is 0 Å². The minimum absolute atomic E-state index is 0.114. The molecule has 3 aliphatic heterocycles. The maximum Gasteiger partial charge on any atom is 0.262 e. The Bertz CT molecular complexity index is 813. The number of fused-ring (bicyclic) bond motifs is 1. The summed E-state index contributed by atoms with van der Waals surface area (Å²) in [5, 5.41) is 2.20. The first-order chi connectivity index (χ1) is 12.5. The van der Waals surface area contributed by atoms with Crippen LogP contribution in [0.1, 0.15) is 46.4 Å². The maximum absolute atomic E-state index is 12.8. The number of hydrogen-bond donors (Lipinski definition) is 2. The summed E-state index contributed by atoms with van der Waals surface area (Å²) in [7, 11) is 0. The smallest absolute Gasteiger partial charge is 0.262 e. The van der Waals surface area contributed by atoms with E-state index in [-0.39, 0.29) is 24.8 Å². The molecule has 1 atom stereocenters. The SMILES string of the molecule is NC1CCN(c2ccc3c(c2)C(=O)N(C2CCC(=O)NC2=O)C3=O)CC1. The molecule has 2 saturated heterocycles. The third-order valence-corrected chi connectivity index (χ3v) is 5.33. The molecular formula is C18H20N4O4. The largest absolute Gasteiger partial charge is 0.371 e. The lowest BCUT2D eigenvalue weighted by molar-refractivity contribution is -0.136. The van der Waals surface area contributed by atoms with E-state index < -0.39 is 23.8 Å². The number of benzene rings is 1. The lowest BCUT2D eigenvalue weighted by Crippen LogP contribution is -2.54. The summed E-state index contributed by atoms with van der Waals surface area (Å²) in [6.07, 6.45) is 2.04. The van der Waals surface area contributed by atoms with Crippen LogP contribution >= 0.6 is 0 Å². The highest BCUT2D eigenvalue weighted by molar-refractivity contribution is 6.23. The summed E-state index contributed by atoms with van der Waals surface area (Å²) in [5.74, 6) is -1.93. The van der Waals surface area contributed by atoms with E-state index >= 15 is 0 Å². The first-order valence-corrected chi connectivity index (χ1v) is 8.82. The Labute approximate surface area is 150 Å². The molecule has 26 heavy (non-hydrogen) atoms. The van der Waals surface area contributed by atoms with Crippen molar-refractivity contribution >= 4 is 29.3 Å². The van der Waals surface area contributed by atoms with Crippen LogP contribution in [0.3, 0.4) is 0 Å². The number of carbonyl (C=O) groups excluding carboxylic acids is 4. The van der Waals surface area contributed by atoms with Crippen molar-refractivity contribution in [2.75, 3.05) is 18.0 Å². The molecule has 4 amide bonds. The van der Waals surface area contributed by atoms with Gasteiger partial charge in [0.1, 0.15) is 6.04 Å². The van der Waals surface area contributed by atoms with Gasteiger partial charge in [0.15, 0.2) is 0 Å². The van der Waals surface area contributed by atoms with Crippen LogP contribution in [0.5, 0.6) is 0 Å². The Balaban J connectivity index is 1.60. The van der Waals surface area contributed by atoms with Crippen LogP contribution in [0, 0.1) is 0 Å². The molecule has 0 spiro atoms. The number of nitrogens with one attached hydrogen (secondary N) is 1. The molecule has 8 nitrogen and oxygen atoms in total. The highest BCUT2D eigenvalue weighted by atomic mass is 16.2. The summed E-state index contributed by atoms with van der Waals surface area (Å²) in [6.45, 7) is 1.61. The zero-order valence-corrected chi connectivity index (χ0v) is 14.2. The van der Waals surface area contributed by atoms with Crippen LogP contribution in [0.4, 0.5) is 5.69 Å². The third kappa shape index (κ3) is 2.66. The summed E-state index contributed by atoms with van der Waals surface area (Å²) in [5.41, 5.74) is 7.43. The number of carbonyl (C=O) groups is 4. The van der Waals surface area contributed by atoms with Crippen molar-refractivity contribution in [3.63, 3.8) is 0 Å². The first kappa shape index (κ1) is 16.7. The van der Waals surface area contributed by atoms with E-state index in [0.717, 1.165) is 36.5 Å². The number of amides is 4. The Morgan fingerprint density at radius 1 is 0.962 bits per heavy atom. The van der Waals surface area contributed by atoms with Gasteiger partial charge in [0.05, 0.1) is 11.1 Å². The standard InChI is InChI=1S/C18H20N4O4/c19-10-5-7-21(8-6-10)11-1-2-12-13(9-11)18(26)22(17(12)25)14-3-4-15(23)20-16(14)24/h1-2,9-10,14H,3-8,19H2,(H,20,23,24). The molecule has 8 heteroatoms. The monoisotopic (exact) mass is 356 g/mol. The number of piperidine rings is 2. The number of rotatable bonds is 2. The number of imide groups is 2. The van der Waals surface area contributed by atoms with Gasteiger partial charge < -0.3 is 10.6 Å². The van der Waals surface area contributed by atoms with Crippen molar-refractivity contribution in [2.45, 2.75) is 37.8 Å². The molecule has 0 saturated carbocycles. The topological polar surface area (TPSA) is 113 Å². The lowest BCUT2D eigenvalue weighted by atomic mass is 10.0.